The molecule has 0 bridgehead atoms. The lowest BCUT2D eigenvalue weighted by atomic mass is 9.99. The smallest absolute Gasteiger partial charge is 0.0200 e. The van der Waals surface area contributed by atoms with Gasteiger partial charge in [0.1, 0.15) is 0 Å². The summed E-state index contributed by atoms with van der Waals surface area (Å²) in [6.07, 6.45) is 15.8. The molecule has 0 rings (SSSR count). The van der Waals surface area contributed by atoms with Crippen LogP contribution in [-0.4, -0.2) is 0 Å². The highest BCUT2D eigenvalue weighted by Crippen LogP contribution is 2.11. The molecule has 0 nitrogen and oxygen atoms in total. The molecule has 0 amide bonds. The first-order chi connectivity index (χ1) is 7.35. The van der Waals surface area contributed by atoms with Crippen LogP contribution in [0.5, 0.6) is 0 Å². The van der Waals surface area contributed by atoms with E-state index >= 15 is 0 Å². The number of hydrogen-bond donors (Lipinski definition) is 0. The standard InChI is InChI=1S/C15H23/c1-4-7-9-10-12-14-15(6-3)13-11-8-5-2/h15H,4,6-11,13H2,1,3H3. The van der Waals surface area contributed by atoms with Gasteiger partial charge in [0.05, 0.1) is 0 Å². The summed E-state index contributed by atoms with van der Waals surface area (Å²) in [4.78, 5) is 0. The van der Waals surface area contributed by atoms with Crippen LogP contribution in [-0.2, 0) is 0 Å². The Morgan fingerprint density at radius 3 is 2.47 bits per heavy atom. The number of hydrogen-bond acceptors (Lipinski definition) is 0. The second-order valence-electron chi connectivity index (χ2n) is 3.95. The molecule has 0 N–H and O–H groups in total. The van der Waals surface area contributed by atoms with Gasteiger partial charge in [-0.2, -0.15) is 0 Å². The van der Waals surface area contributed by atoms with Crippen LogP contribution >= 0.6 is 0 Å². The van der Waals surface area contributed by atoms with Crippen molar-refractivity contribution < 1.29 is 0 Å². The van der Waals surface area contributed by atoms with E-state index < -0.39 is 0 Å². The zero-order valence-corrected chi connectivity index (χ0v) is 10.2. The Bertz CT molecular complexity index is 221. The van der Waals surface area contributed by atoms with E-state index in [4.69, 9.17) is 6.42 Å². The fourth-order valence-electron chi connectivity index (χ4n) is 1.50. The van der Waals surface area contributed by atoms with Gasteiger partial charge in [0.25, 0.3) is 0 Å². The van der Waals surface area contributed by atoms with Crippen LogP contribution in [0.1, 0.15) is 65.2 Å². The molecule has 0 aliphatic carbocycles. The molecule has 0 heteroatoms. The summed E-state index contributed by atoms with van der Waals surface area (Å²) in [5.41, 5.74) is 0. The van der Waals surface area contributed by atoms with E-state index in [1.165, 1.54) is 19.3 Å². The molecule has 1 radical (unpaired) electrons. The van der Waals surface area contributed by atoms with Crippen LogP contribution in [0.15, 0.2) is 0 Å². The van der Waals surface area contributed by atoms with Gasteiger partial charge in [-0.3, -0.25) is 0 Å². The minimum atomic E-state index is 0.542. The van der Waals surface area contributed by atoms with E-state index in [0.717, 1.165) is 32.1 Å². The maximum atomic E-state index is 6.83. The van der Waals surface area contributed by atoms with Crippen LogP contribution in [0.3, 0.4) is 0 Å². The van der Waals surface area contributed by atoms with Gasteiger partial charge in [0.2, 0.25) is 0 Å². The molecule has 0 aromatic rings. The molecule has 0 aromatic carbocycles. The highest BCUT2D eigenvalue weighted by molar-refractivity contribution is 5.03. The molecule has 0 heterocycles. The van der Waals surface area contributed by atoms with Crippen LogP contribution < -0.4 is 0 Å². The fourth-order valence-corrected chi connectivity index (χ4v) is 1.50. The van der Waals surface area contributed by atoms with Crippen molar-refractivity contribution in [2.75, 3.05) is 0 Å². The van der Waals surface area contributed by atoms with Crippen molar-refractivity contribution in [1.29, 1.82) is 0 Å². The highest BCUT2D eigenvalue weighted by Gasteiger charge is 2.00. The first-order valence-electron chi connectivity index (χ1n) is 6.23. The zero-order chi connectivity index (χ0) is 11.4. The SMILES string of the molecule is [C]#CCCCC(C#CCCCCC)CC. The van der Waals surface area contributed by atoms with E-state index in [1.807, 2.05) is 0 Å². The monoisotopic (exact) mass is 203 g/mol. The summed E-state index contributed by atoms with van der Waals surface area (Å²) in [6, 6.07) is 0. The summed E-state index contributed by atoms with van der Waals surface area (Å²) in [6.45, 7) is 4.41. The third-order valence-electron chi connectivity index (χ3n) is 2.56. The van der Waals surface area contributed by atoms with Gasteiger partial charge in [-0.15, -0.1) is 5.92 Å². The predicted octanol–water partition coefficient (Wildman–Crippen LogP) is 4.36. The van der Waals surface area contributed by atoms with Crippen LogP contribution in [0, 0.1) is 30.1 Å². The van der Waals surface area contributed by atoms with Crippen LogP contribution in [0.4, 0.5) is 0 Å². The molecule has 0 aliphatic rings. The molecule has 0 aromatic heterocycles. The van der Waals surface area contributed by atoms with E-state index in [0.29, 0.717) is 5.92 Å². The van der Waals surface area contributed by atoms with Gasteiger partial charge >= 0.3 is 0 Å². The van der Waals surface area contributed by atoms with Gasteiger partial charge in [-0.05, 0) is 32.1 Å². The number of rotatable bonds is 7. The molecular weight excluding hydrogens is 180 g/mol. The Balaban J connectivity index is 3.62. The summed E-state index contributed by atoms with van der Waals surface area (Å²) >= 11 is 0. The highest BCUT2D eigenvalue weighted by atomic mass is 14.0. The second-order valence-corrected chi connectivity index (χ2v) is 3.95. The average molecular weight is 203 g/mol. The Hall–Kier alpha value is -0.880. The molecule has 0 saturated carbocycles. The van der Waals surface area contributed by atoms with Crippen molar-refractivity contribution >= 4 is 0 Å². The largest absolute Gasteiger partial charge is 0.103 e. The number of unbranched alkanes of at least 4 members (excludes halogenated alkanes) is 4. The van der Waals surface area contributed by atoms with Gasteiger partial charge < -0.3 is 0 Å². The molecule has 15 heavy (non-hydrogen) atoms. The minimum absolute atomic E-state index is 0.542. The maximum absolute atomic E-state index is 6.83. The van der Waals surface area contributed by atoms with Gasteiger partial charge in [-0.1, -0.05) is 38.5 Å². The van der Waals surface area contributed by atoms with Crippen molar-refractivity contribution in [1.82, 2.24) is 0 Å². The average Bonchev–Trinajstić information content (AvgIpc) is 2.26. The van der Waals surface area contributed by atoms with E-state index in [1.54, 1.807) is 0 Å². The van der Waals surface area contributed by atoms with E-state index in [9.17, 15) is 0 Å². The minimum Gasteiger partial charge on any atom is -0.103 e. The molecule has 0 spiro atoms. The Labute approximate surface area is 95.8 Å². The molecule has 0 aliphatic heterocycles. The summed E-state index contributed by atoms with van der Waals surface area (Å²) in [5, 5.41) is 0. The van der Waals surface area contributed by atoms with Crippen LogP contribution in [0.2, 0.25) is 0 Å². The van der Waals surface area contributed by atoms with Gasteiger partial charge in [-0.25, -0.2) is 0 Å². The molecular formula is C15H23. The lowest BCUT2D eigenvalue weighted by Crippen LogP contribution is -1.94. The molecule has 1 unspecified atom stereocenters. The van der Waals surface area contributed by atoms with Crippen LogP contribution in [0.25, 0.3) is 0 Å². The second kappa shape index (κ2) is 11.2. The quantitative estimate of drug-likeness (QED) is 0.426. The Kier molecular flexibility index (Phi) is 10.5. The zero-order valence-electron chi connectivity index (χ0n) is 10.2. The maximum Gasteiger partial charge on any atom is 0.0200 e. The third kappa shape index (κ3) is 9.42. The normalized spacial score (nSPS) is 11.3. The third-order valence-corrected chi connectivity index (χ3v) is 2.56. The summed E-state index contributed by atoms with van der Waals surface area (Å²) in [7, 11) is 0. The molecule has 0 saturated heterocycles. The molecule has 83 valence electrons. The van der Waals surface area contributed by atoms with Crippen molar-refractivity contribution in [3.63, 3.8) is 0 Å². The van der Waals surface area contributed by atoms with Crippen molar-refractivity contribution in [2.45, 2.75) is 65.2 Å². The fraction of sp³-hybridized carbons (Fsp3) is 0.733. The molecule has 1 atom stereocenters. The van der Waals surface area contributed by atoms with Crippen molar-refractivity contribution in [3.05, 3.63) is 6.42 Å². The summed E-state index contributed by atoms with van der Waals surface area (Å²) < 4.78 is 0. The predicted molar refractivity (Wildman–Crippen MR) is 66.7 cm³/mol. The van der Waals surface area contributed by atoms with Crippen molar-refractivity contribution in [2.24, 2.45) is 5.92 Å². The summed E-state index contributed by atoms with van der Waals surface area (Å²) in [5.74, 6) is 9.60. The van der Waals surface area contributed by atoms with Gasteiger partial charge in [0, 0.05) is 18.8 Å². The van der Waals surface area contributed by atoms with E-state index in [-0.39, 0.29) is 0 Å². The Morgan fingerprint density at radius 1 is 1.07 bits per heavy atom. The topological polar surface area (TPSA) is 0 Å². The first-order valence-corrected chi connectivity index (χ1v) is 6.23. The molecule has 0 fully saturated rings. The Morgan fingerprint density at radius 2 is 1.87 bits per heavy atom. The van der Waals surface area contributed by atoms with Crippen molar-refractivity contribution in [3.8, 4) is 17.8 Å². The van der Waals surface area contributed by atoms with E-state index in [2.05, 4.69) is 31.6 Å². The first kappa shape index (κ1) is 14.1. The lowest BCUT2D eigenvalue weighted by Gasteiger charge is -2.04. The lowest BCUT2D eigenvalue weighted by molar-refractivity contribution is 0.567. The van der Waals surface area contributed by atoms with Gasteiger partial charge in [0.15, 0.2) is 0 Å².